The van der Waals surface area contributed by atoms with Gasteiger partial charge in [0.05, 0.1) is 5.75 Å². The van der Waals surface area contributed by atoms with Crippen molar-refractivity contribution in [1.29, 1.82) is 0 Å². The van der Waals surface area contributed by atoms with E-state index < -0.39 is 0 Å². The summed E-state index contributed by atoms with van der Waals surface area (Å²) in [6.45, 7) is 2.06. The van der Waals surface area contributed by atoms with Crippen molar-refractivity contribution in [2.45, 2.75) is 49.6 Å². The number of thioether (sulfide) groups is 1. The highest BCUT2D eigenvalue weighted by Gasteiger charge is 2.19. The van der Waals surface area contributed by atoms with Gasteiger partial charge in [-0.05, 0) is 56.4 Å². The van der Waals surface area contributed by atoms with Crippen molar-refractivity contribution in [3.05, 3.63) is 28.2 Å². The molecule has 0 spiro atoms. The lowest BCUT2D eigenvalue weighted by atomic mass is 9.92. The monoisotopic (exact) mass is 392 g/mol. The Labute approximate surface area is 145 Å². The van der Waals surface area contributed by atoms with Gasteiger partial charge in [-0.15, -0.1) is 24.2 Å². The zero-order valence-corrected chi connectivity index (χ0v) is 15.3. The van der Waals surface area contributed by atoms with Gasteiger partial charge in [0.2, 0.25) is 5.91 Å². The molecule has 3 nitrogen and oxygen atoms in total. The van der Waals surface area contributed by atoms with Gasteiger partial charge in [0.1, 0.15) is 0 Å². The van der Waals surface area contributed by atoms with Gasteiger partial charge < -0.3 is 11.1 Å². The molecule has 0 aromatic heterocycles. The summed E-state index contributed by atoms with van der Waals surface area (Å²) in [5.41, 5.74) is 7.07. The molecule has 1 fully saturated rings. The van der Waals surface area contributed by atoms with Crippen LogP contribution in [0, 0.1) is 6.92 Å². The maximum atomic E-state index is 12.0. The Morgan fingerprint density at radius 3 is 2.67 bits per heavy atom. The standard InChI is InChI=1S/C15H21BrN2OS.ClH/c1-10-8-11(16)2-7-14(10)20-9-15(19)18-13-5-3-12(17)4-6-13;/h2,7-8,12-13H,3-6,9,17H2,1H3,(H,18,19);1H. The molecule has 0 saturated heterocycles. The number of rotatable bonds is 4. The van der Waals surface area contributed by atoms with Crippen molar-refractivity contribution < 1.29 is 4.79 Å². The second kappa shape index (κ2) is 9.03. The molecule has 118 valence electrons. The molecule has 6 heteroatoms. The maximum Gasteiger partial charge on any atom is 0.230 e. The minimum Gasteiger partial charge on any atom is -0.353 e. The van der Waals surface area contributed by atoms with Gasteiger partial charge in [0.15, 0.2) is 0 Å². The predicted octanol–water partition coefficient (Wildman–Crippen LogP) is 3.66. The lowest BCUT2D eigenvalue weighted by Crippen LogP contribution is -2.41. The first-order valence-electron chi connectivity index (χ1n) is 6.98. The fourth-order valence-corrected chi connectivity index (χ4v) is 3.75. The minimum atomic E-state index is 0. The lowest BCUT2D eigenvalue weighted by molar-refractivity contribution is -0.119. The predicted molar refractivity (Wildman–Crippen MR) is 95.2 cm³/mol. The first-order chi connectivity index (χ1) is 9.54. The number of aryl methyl sites for hydroxylation is 1. The molecule has 0 heterocycles. The van der Waals surface area contributed by atoms with E-state index in [2.05, 4.69) is 40.3 Å². The summed E-state index contributed by atoms with van der Waals surface area (Å²) in [7, 11) is 0. The summed E-state index contributed by atoms with van der Waals surface area (Å²) < 4.78 is 1.07. The molecular weight excluding hydrogens is 372 g/mol. The molecule has 0 radical (unpaired) electrons. The van der Waals surface area contributed by atoms with Crippen LogP contribution in [0.4, 0.5) is 0 Å². The number of hydrogen-bond acceptors (Lipinski definition) is 3. The third-order valence-electron chi connectivity index (χ3n) is 3.63. The van der Waals surface area contributed by atoms with E-state index in [1.165, 1.54) is 5.56 Å². The van der Waals surface area contributed by atoms with Gasteiger partial charge in [0, 0.05) is 21.5 Å². The number of carbonyl (C=O) groups excluding carboxylic acids is 1. The summed E-state index contributed by atoms with van der Waals surface area (Å²) >= 11 is 5.04. The molecule has 0 bridgehead atoms. The van der Waals surface area contributed by atoms with Crippen LogP contribution in [-0.2, 0) is 4.79 Å². The van der Waals surface area contributed by atoms with Crippen LogP contribution < -0.4 is 11.1 Å². The summed E-state index contributed by atoms with van der Waals surface area (Å²) in [5, 5.41) is 3.12. The number of halogens is 2. The molecule has 3 N–H and O–H groups in total. The van der Waals surface area contributed by atoms with E-state index >= 15 is 0 Å². The van der Waals surface area contributed by atoms with E-state index in [4.69, 9.17) is 5.73 Å². The van der Waals surface area contributed by atoms with Crippen molar-refractivity contribution in [1.82, 2.24) is 5.32 Å². The molecule has 1 saturated carbocycles. The normalized spacial score (nSPS) is 21.5. The number of carbonyl (C=O) groups is 1. The molecule has 0 unspecified atom stereocenters. The Hall–Kier alpha value is -0.230. The Balaban J connectivity index is 0.00000220. The highest BCUT2D eigenvalue weighted by Crippen LogP contribution is 2.25. The van der Waals surface area contributed by atoms with Crippen LogP contribution in [0.1, 0.15) is 31.2 Å². The average Bonchev–Trinajstić information content (AvgIpc) is 2.40. The van der Waals surface area contributed by atoms with E-state index in [1.54, 1.807) is 11.8 Å². The topological polar surface area (TPSA) is 55.1 Å². The SMILES string of the molecule is Cc1cc(Br)ccc1SCC(=O)NC1CCC(N)CC1.Cl. The molecule has 1 aromatic carbocycles. The molecule has 2 rings (SSSR count). The summed E-state index contributed by atoms with van der Waals surface area (Å²) in [4.78, 5) is 13.1. The number of amides is 1. The van der Waals surface area contributed by atoms with E-state index in [9.17, 15) is 4.79 Å². The fourth-order valence-electron chi connectivity index (χ4n) is 2.45. The van der Waals surface area contributed by atoms with Crippen molar-refractivity contribution in [3.8, 4) is 0 Å². The zero-order valence-electron chi connectivity index (χ0n) is 12.1. The second-order valence-electron chi connectivity index (χ2n) is 5.38. The van der Waals surface area contributed by atoms with Crippen LogP contribution in [0.2, 0.25) is 0 Å². The van der Waals surface area contributed by atoms with Gasteiger partial charge in [-0.3, -0.25) is 4.79 Å². The van der Waals surface area contributed by atoms with E-state index in [-0.39, 0.29) is 18.3 Å². The van der Waals surface area contributed by atoms with Crippen LogP contribution in [0.5, 0.6) is 0 Å². The Morgan fingerprint density at radius 2 is 2.05 bits per heavy atom. The largest absolute Gasteiger partial charge is 0.353 e. The number of benzene rings is 1. The molecule has 21 heavy (non-hydrogen) atoms. The van der Waals surface area contributed by atoms with Gasteiger partial charge in [-0.25, -0.2) is 0 Å². The highest BCUT2D eigenvalue weighted by molar-refractivity contribution is 9.10. The highest BCUT2D eigenvalue weighted by atomic mass is 79.9. The van der Waals surface area contributed by atoms with Gasteiger partial charge in [-0.2, -0.15) is 0 Å². The smallest absolute Gasteiger partial charge is 0.230 e. The van der Waals surface area contributed by atoms with Crippen LogP contribution in [0.25, 0.3) is 0 Å². The van der Waals surface area contributed by atoms with Crippen LogP contribution >= 0.6 is 40.1 Å². The lowest BCUT2D eigenvalue weighted by Gasteiger charge is -2.26. The molecular formula is C15H22BrClN2OS. The molecule has 1 aromatic rings. The first kappa shape index (κ1) is 18.8. The Morgan fingerprint density at radius 1 is 1.38 bits per heavy atom. The maximum absolute atomic E-state index is 12.0. The Bertz CT molecular complexity index is 479. The summed E-state index contributed by atoms with van der Waals surface area (Å²) in [6, 6.07) is 6.77. The van der Waals surface area contributed by atoms with E-state index in [0.29, 0.717) is 17.8 Å². The summed E-state index contributed by atoms with van der Waals surface area (Å²) in [6.07, 6.45) is 4.05. The van der Waals surface area contributed by atoms with Crippen molar-refractivity contribution in [3.63, 3.8) is 0 Å². The van der Waals surface area contributed by atoms with Gasteiger partial charge in [0.25, 0.3) is 0 Å². The number of hydrogen-bond donors (Lipinski definition) is 2. The van der Waals surface area contributed by atoms with E-state index in [0.717, 1.165) is 35.1 Å². The van der Waals surface area contributed by atoms with Crippen molar-refractivity contribution in [2.75, 3.05) is 5.75 Å². The molecule has 1 aliphatic carbocycles. The van der Waals surface area contributed by atoms with Crippen LogP contribution in [0.3, 0.4) is 0 Å². The fraction of sp³-hybridized carbons (Fsp3) is 0.533. The summed E-state index contributed by atoms with van der Waals surface area (Å²) in [5.74, 6) is 0.600. The van der Waals surface area contributed by atoms with Gasteiger partial charge >= 0.3 is 0 Å². The molecule has 0 aliphatic heterocycles. The number of nitrogens with two attached hydrogens (primary N) is 1. The second-order valence-corrected chi connectivity index (χ2v) is 7.31. The minimum absolute atomic E-state index is 0. The molecule has 0 atom stereocenters. The Kier molecular flexibility index (Phi) is 8.09. The van der Waals surface area contributed by atoms with E-state index in [1.807, 2.05) is 6.07 Å². The van der Waals surface area contributed by atoms with Crippen molar-refractivity contribution in [2.24, 2.45) is 5.73 Å². The third kappa shape index (κ3) is 6.19. The van der Waals surface area contributed by atoms with Crippen LogP contribution in [-0.4, -0.2) is 23.7 Å². The number of nitrogens with one attached hydrogen (secondary N) is 1. The van der Waals surface area contributed by atoms with Crippen molar-refractivity contribution >= 4 is 46.0 Å². The third-order valence-corrected chi connectivity index (χ3v) is 5.30. The quantitative estimate of drug-likeness (QED) is 0.768. The van der Waals surface area contributed by atoms with Crippen LogP contribution in [0.15, 0.2) is 27.6 Å². The van der Waals surface area contributed by atoms with Gasteiger partial charge in [-0.1, -0.05) is 15.9 Å². The average molecular weight is 394 g/mol. The first-order valence-corrected chi connectivity index (χ1v) is 8.76. The molecule has 1 amide bonds. The molecule has 1 aliphatic rings. The zero-order chi connectivity index (χ0) is 14.5.